The molecular formula is C21H14Cl2N2O2. The third-order valence-corrected chi connectivity index (χ3v) is 4.83. The molecule has 0 radical (unpaired) electrons. The Balaban J connectivity index is 1.61. The van der Waals surface area contributed by atoms with E-state index in [4.69, 9.17) is 27.6 Å². The standard InChI is InChI=1S/C21H14Cl2N2O2/c1-12-5-8-19-18(9-12)25-21(27-19)14-3-2-4-15(10-14)24-20(26)13-6-7-16(22)17(23)11-13/h2-11H,1H3,(H,24,26). The number of hydrogen-bond donors (Lipinski definition) is 1. The summed E-state index contributed by atoms with van der Waals surface area (Å²) in [5.74, 6) is 0.222. The fourth-order valence-electron chi connectivity index (χ4n) is 2.73. The topological polar surface area (TPSA) is 55.1 Å². The quantitative estimate of drug-likeness (QED) is 0.438. The minimum Gasteiger partial charge on any atom is -0.436 e. The van der Waals surface area contributed by atoms with Crippen molar-refractivity contribution < 1.29 is 9.21 Å². The number of hydrogen-bond acceptors (Lipinski definition) is 3. The summed E-state index contributed by atoms with van der Waals surface area (Å²) in [6.45, 7) is 2.01. The predicted octanol–water partition coefficient (Wildman–Crippen LogP) is 6.36. The molecule has 4 rings (SSSR count). The third kappa shape index (κ3) is 3.68. The first kappa shape index (κ1) is 17.6. The highest BCUT2D eigenvalue weighted by Gasteiger charge is 2.12. The first-order valence-electron chi connectivity index (χ1n) is 8.23. The summed E-state index contributed by atoms with van der Waals surface area (Å²) in [6, 6.07) is 17.9. The van der Waals surface area contributed by atoms with E-state index in [-0.39, 0.29) is 5.91 Å². The van der Waals surface area contributed by atoms with E-state index in [0.717, 1.165) is 22.2 Å². The summed E-state index contributed by atoms with van der Waals surface area (Å²) in [4.78, 5) is 17.0. The van der Waals surface area contributed by atoms with Crippen LogP contribution in [0.25, 0.3) is 22.6 Å². The number of fused-ring (bicyclic) bond motifs is 1. The van der Waals surface area contributed by atoms with Gasteiger partial charge < -0.3 is 9.73 Å². The molecule has 0 aliphatic rings. The highest BCUT2D eigenvalue weighted by Crippen LogP contribution is 2.27. The molecule has 1 aromatic heterocycles. The Morgan fingerprint density at radius 2 is 1.85 bits per heavy atom. The molecule has 0 spiro atoms. The van der Waals surface area contributed by atoms with Crippen molar-refractivity contribution in [1.29, 1.82) is 0 Å². The van der Waals surface area contributed by atoms with E-state index in [2.05, 4.69) is 10.3 Å². The number of anilines is 1. The lowest BCUT2D eigenvalue weighted by Crippen LogP contribution is -2.11. The van der Waals surface area contributed by atoms with Gasteiger partial charge in [-0.25, -0.2) is 4.98 Å². The summed E-state index contributed by atoms with van der Waals surface area (Å²) < 4.78 is 5.83. The summed E-state index contributed by atoms with van der Waals surface area (Å²) in [7, 11) is 0. The summed E-state index contributed by atoms with van der Waals surface area (Å²) in [6.07, 6.45) is 0. The van der Waals surface area contributed by atoms with Crippen molar-refractivity contribution in [1.82, 2.24) is 4.98 Å². The van der Waals surface area contributed by atoms with E-state index in [0.29, 0.717) is 27.2 Å². The monoisotopic (exact) mass is 396 g/mol. The van der Waals surface area contributed by atoms with Gasteiger partial charge in [0.1, 0.15) is 5.52 Å². The maximum Gasteiger partial charge on any atom is 0.255 e. The zero-order valence-corrected chi connectivity index (χ0v) is 15.8. The first-order valence-corrected chi connectivity index (χ1v) is 8.99. The summed E-state index contributed by atoms with van der Waals surface area (Å²) >= 11 is 11.9. The molecule has 0 unspecified atom stereocenters. The van der Waals surface area contributed by atoms with Gasteiger partial charge in [-0.2, -0.15) is 0 Å². The second-order valence-corrected chi connectivity index (χ2v) is 6.97. The second-order valence-electron chi connectivity index (χ2n) is 6.15. The van der Waals surface area contributed by atoms with E-state index in [1.54, 1.807) is 18.2 Å². The molecule has 6 heteroatoms. The van der Waals surface area contributed by atoms with Gasteiger partial charge >= 0.3 is 0 Å². The number of amides is 1. The van der Waals surface area contributed by atoms with Gasteiger partial charge in [-0.3, -0.25) is 4.79 Å². The van der Waals surface area contributed by atoms with Crippen molar-refractivity contribution in [3.63, 3.8) is 0 Å². The molecule has 0 saturated heterocycles. The Kier molecular flexibility index (Phi) is 4.60. The molecular weight excluding hydrogens is 383 g/mol. The summed E-state index contributed by atoms with van der Waals surface area (Å²) in [5, 5.41) is 3.59. The van der Waals surface area contributed by atoms with E-state index >= 15 is 0 Å². The normalized spacial score (nSPS) is 10.9. The molecule has 27 heavy (non-hydrogen) atoms. The molecule has 1 amide bonds. The number of nitrogens with one attached hydrogen (secondary N) is 1. The molecule has 0 aliphatic carbocycles. The summed E-state index contributed by atoms with van der Waals surface area (Å²) in [5.41, 5.74) is 4.46. The van der Waals surface area contributed by atoms with Gasteiger partial charge in [-0.1, -0.05) is 35.3 Å². The third-order valence-electron chi connectivity index (χ3n) is 4.09. The fraction of sp³-hybridized carbons (Fsp3) is 0.0476. The molecule has 0 bridgehead atoms. The molecule has 3 aromatic carbocycles. The number of aryl methyl sites for hydroxylation is 1. The molecule has 0 aliphatic heterocycles. The number of nitrogens with zero attached hydrogens (tertiary/aromatic N) is 1. The number of carbonyl (C=O) groups is 1. The zero-order chi connectivity index (χ0) is 19.0. The minimum absolute atomic E-state index is 0.279. The molecule has 1 N–H and O–H groups in total. The maximum absolute atomic E-state index is 12.5. The van der Waals surface area contributed by atoms with Crippen LogP contribution in [-0.2, 0) is 0 Å². The average Bonchev–Trinajstić information content (AvgIpc) is 3.07. The fourth-order valence-corrected chi connectivity index (χ4v) is 3.03. The minimum atomic E-state index is -0.279. The first-order chi connectivity index (χ1) is 13.0. The molecule has 0 atom stereocenters. The smallest absolute Gasteiger partial charge is 0.255 e. The molecule has 134 valence electrons. The van der Waals surface area contributed by atoms with Gasteiger partial charge in [0.15, 0.2) is 5.58 Å². The Hall–Kier alpha value is -2.82. The van der Waals surface area contributed by atoms with Crippen LogP contribution in [0.15, 0.2) is 65.1 Å². The van der Waals surface area contributed by atoms with Crippen LogP contribution in [0.4, 0.5) is 5.69 Å². The van der Waals surface area contributed by atoms with E-state index in [1.807, 2.05) is 43.3 Å². The Morgan fingerprint density at radius 3 is 2.67 bits per heavy atom. The van der Waals surface area contributed by atoms with Crippen LogP contribution >= 0.6 is 23.2 Å². The molecule has 4 aromatic rings. The lowest BCUT2D eigenvalue weighted by atomic mass is 10.1. The maximum atomic E-state index is 12.5. The van der Waals surface area contributed by atoms with Crippen LogP contribution in [0, 0.1) is 6.92 Å². The molecule has 1 heterocycles. The van der Waals surface area contributed by atoms with Crippen LogP contribution in [0.5, 0.6) is 0 Å². The van der Waals surface area contributed by atoms with E-state index < -0.39 is 0 Å². The SMILES string of the molecule is Cc1ccc2oc(-c3cccc(NC(=O)c4ccc(Cl)c(Cl)c4)c3)nc2c1. The van der Waals surface area contributed by atoms with E-state index in [9.17, 15) is 4.79 Å². The lowest BCUT2D eigenvalue weighted by Gasteiger charge is -2.07. The Labute approximate surface area is 165 Å². The van der Waals surface area contributed by atoms with Crippen molar-refractivity contribution in [3.05, 3.63) is 81.8 Å². The van der Waals surface area contributed by atoms with Crippen molar-refractivity contribution >= 4 is 45.9 Å². The van der Waals surface area contributed by atoms with Crippen molar-refractivity contribution in [2.45, 2.75) is 6.92 Å². The van der Waals surface area contributed by atoms with Crippen LogP contribution < -0.4 is 5.32 Å². The highest BCUT2D eigenvalue weighted by atomic mass is 35.5. The number of carbonyl (C=O) groups excluding carboxylic acids is 1. The number of benzene rings is 3. The predicted molar refractivity (Wildman–Crippen MR) is 109 cm³/mol. The number of aromatic nitrogens is 1. The van der Waals surface area contributed by atoms with Gasteiger partial charge in [0.2, 0.25) is 5.89 Å². The Bertz CT molecular complexity index is 1170. The van der Waals surface area contributed by atoms with Crippen LogP contribution in [0.2, 0.25) is 10.0 Å². The molecule has 0 saturated carbocycles. The number of rotatable bonds is 3. The second kappa shape index (κ2) is 7.06. The average molecular weight is 397 g/mol. The van der Waals surface area contributed by atoms with Gasteiger partial charge in [-0.05, 0) is 61.0 Å². The number of oxazole rings is 1. The largest absolute Gasteiger partial charge is 0.436 e. The zero-order valence-electron chi connectivity index (χ0n) is 14.3. The lowest BCUT2D eigenvalue weighted by molar-refractivity contribution is 0.102. The van der Waals surface area contributed by atoms with Crippen molar-refractivity contribution in [3.8, 4) is 11.5 Å². The Morgan fingerprint density at radius 1 is 1.00 bits per heavy atom. The van der Waals surface area contributed by atoms with Crippen LogP contribution in [-0.4, -0.2) is 10.9 Å². The molecule has 4 nitrogen and oxygen atoms in total. The van der Waals surface area contributed by atoms with Crippen LogP contribution in [0.1, 0.15) is 15.9 Å². The van der Waals surface area contributed by atoms with Crippen molar-refractivity contribution in [2.24, 2.45) is 0 Å². The van der Waals surface area contributed by atoms with Gasteiger partial charge in [0, 0.05) is 16.8 Å². The van der Waals surface area contributed by atoms with Gasteiger partial charge in [0.25, 0.3) is 5.91 Å². The molecule has 0 fully saturated rings. The van der Waals surface area contributed by atoms with Crippen molar-refractivity contribution in [2.75, 3.05) is 5.32 Å². The van der Waals surface area contributed by atoms with Crippen LogP contribution in [0.3, 0.4) is 0 Å². The van der Waals surface area contributed by atoms with E-state index in [1.165, 1.54) is 6.07 Å². The van der Waals surface area contributed by atoms with Gasteiger partial charge in [-0.15, -0.1) is 0 Å². The number of halogens is 2. The highest BCUT2D eigenvalue weighted by molar-refractivity contribution is 6.42. The van der Waals surface area contributed by atoms with Gasteiger partial charge in [0.05, 0.1) is 10.0 Å².